The van der Waals surface area contributed by atoms with Crippen molar-refractivity contribution in [3.8, 4) is 0 Å². The van der Waals surface area contributed by atoms with E-state index in [1.807, 2.05) is 19.1 Å². The van der Waals surface area contributed by atoms with Crippen LogP contribution in [0.25, 0.3) is 0 Å². The Bertz CT molecular complexity index is 776. The quantitative estimate of drug-likeness (QED) is 0.789. The molecule has 1 saturated heterocycles. The fourth-order valence-corrected chi connectivity index (χ4v) is 3.58. The van der Waals surface area contributed by atoms with E-state index >= 15 is 0 Å². The van der Waals surface area contributed by atoms with Crippen LogP contribution >= 0.6 is 11.8 Å². The van der Waals surface area contributed by atoms with Crippen molar-refractivity contribution < 1.29 is 13.6 Å². The van der Waals surface area contributed by atoms with Gasteiger partial charge in [-0.3, -0.25) is 4.79 Å². The second kappa shape index (κ2) is 7.87. The van der Waals surface area contributed by atoms with Crippen molar-refractivity contribution in [3.05, 3.63) is 53.6 Å². The molecule has 0 atom stereocenters. The van der Waals surface area contributed by atoms with Gasteiger partial charge in [0.2, 0.25) is 5.91 Å². The number of nitrogens with zero attached hydrogens (tertiary/aromatic N) is 1. The Morgan fingerprint density at radius 2 is 1.88 bits per heavy atom. The van der Waals surface area contributed by atoms with Crippen LogP contribution in [0.4, 0.5) is 20.2 Å². The molecule has 1 amide bonds. The van der Waals surface area contributed by atoms with Gasteiger partial charge in [0.25, 0.3) is 0 Å². The third-order valence-electron chi connectivity index (χ3n) is 4.22. The number of carbonyl (C=O) groups is 1. The number of nitrogens with one attached hydrogen (secondary N) is 1. The minimum absolute atomic E-state index is 0.137. The van der Waals surface area contributed by atoms with Gasteiger partial charge in [-0.1, -0.05) is 0 Å². The van der Waals surface area contributed by atoms with Crippen molar-refractivity contribution >= 4 is 29.0 Å². The van der Waals surface area contributed by atoms with Gasteiger partial charge in [-0.2, -0.15) is 0 Å². The Morgan fingerprint density at radius 1 is 1.12 bits per heavy atom. The number of aryl methyl sites for hydroxylation is 1. The van der Waals surface area contributed by atoms with Crippen molar-refractivity contribution in [2.75, 3.05) is 29.1 Å². The van der Waals surface area contributed by atoms with Gasteiger partial charge in [-0.15, -0.1) is 11.8 Å². The lowest BCUT2D eigenvalue weighted by Crippen LogP contribution is -2.18. The summed E-state index contributed by atoms with van der Waals surface area (Å²) in [7, 11) is 0. The summed E-state index contributed by atoms with van der Waals surface area (Å²) in [5.74, 6) is -1.83. The lowest BCUT2D eigenvalue weighted by molar-refractivity contribution is -0.113. The lowest BCUT2D eigenvalue weighted by Gasteiger charge is -2.19. The molecule has 0 spiro atoms. The molecule has 25 heavy (non-hydrogen) atoms. The van der Waals surface area contributed by atoms with E-state index in [2.05, 4.69) is 16.3 Å². The molecule has 0 aliphatic carbocycles. The first kappa shape index (κ1) is 17.7. The summed E-state index contributed by atoms with van der Waals surface area (Å²) < 4.78 is 26.1. The monoisotopic (exact) mass is 362 g/mol. The Kier molecular flexibility index (Phi) is 5.58. The number of amides is 1. The van der Waals surface area contributed by atoms with E-state index in [0.29, 0.717) is 4.90 Å². The van der Waals surface area contributed by atoms with Crippen molar-refractivity contribution in [1.82, 2.24) is 0 Å². The zero-order valence-electron chi connectivity index (χ0n) is 14.0. The number of benzene rings is 2. The van der Waals surface area contributed by atoms with Crippen LogP contribution in [0.2, 0.25) is 0 Å². The van der Waals surface area contributed by atoms with E-state index in [1.165, 1.54) is 36.4 Å². The maximum Gasteiger partial charge on any atom is 0.234 e. The van der Waals surface area contributed by atoms with Gasteiger partial charge in [0.1, 0.15) is 0 Å². The first-order chi connectivity index (χ1) is 12.0. The number of halogens is 2. The second-order valence-electron chi connectivity index (χ2n) is 6.11. The third-order valence-corrected chi connectivity index (χ3v) is 5.21. The minimum atomic E-state index is -0.904. The number of hydrogen-bond acceptors (Lipinski definition) is 3. The van der Waals surface area contributed by atoms with Gasteiger partial charge in [0.05, 0.1) is 5.75 Å². The zero-order valence-corrected chi connectivity index (χ0v) is 14.8. The van der Waals surface area contributed by atoms with Gasteiger partial charge in [0, 0.05) is 29.4 Å². The van der Waals surface area contributed by atoms with E-state index in [4.69, 9.17) is 0 Å². The van der Waals surface area contributed by atoms with Gasteiger partial charge < -0.3 is 10.2 Å². The van der Waals surface area contributed by atoms with E-state index in [-0.39, 0.29) is 11.7 Å². The molecule has 0 bridgehead atoms. The molecular formula is C19H20F2N2OS. The number of carbonyl (C=O) groups excluding carboxylic acids is 1. The first-order valence-corrected chi connectivity index (χ1v) is 9.25. The summed E-state index contributed by atoms with van der Waals surface area (Å²) in [6, 6.07) is 9.66. The summed E-state index contributed by atoms with van der Waals surface area (Å²) in [6.45, 7) is 4.13. The van der Waals surface area contributed by atoms with Crippen molar-refractivity contribution in [1.29, 1.82) is 0 Å². The van der Waals surface area contributed by atoms with Crippen LogP contribution in [0.3, 0.4) is 0 Å². The van der Waals surface area contributed by atoms with E-state index in [9.17, 15) is 13.6 Å². The van der Waals surface area contributed by atoms with Crippen molar-refractivity contribution in [2.24, 2.45) is 0 Å². The summed E-state index contributed by atoms with van der Waals surface area (Å²) in [4.78, 5) is 15.0. The maximum absolute atomic E-state index is 13.2. The molecule has 1 N–H and O–H groups in total. The van der Waals surface area contributed by atoms with Gasteiger partial charge in [0.15, 0.2) is 11.6 Å². The van der Waals surface area contributed by atoms with Gasteiger partial charge in [-0.05, 0) is 61.7 Å². The van der Waals surface area contributed by atoms with Crippen LogP contribution in [0, 0.1) is 18.6 Å². The SMILES string of the molecule is Cc1cc(N2CCCC2)ccc1NC(=O)CSc1ccc(F)c(F)c1. The topological polar surface area (TPSA) is 32.3 Å². The highest BCUT2D eigenvalue weighted by molar-refractivity contribution is 8.00. The fraction of sp³-hybridized carbons (Fsp3) is 0.316. The highest BCUT2D eigenvalue weighted by Gasteiger charge is 2.14. The first-order valence-electron chi connectivity index (χ1n) is 8.26. The normalized spacial score (nSPS) is 14.0. The molecule has 1 heterocycles. The Labute approximate surface area is 150 Å². The summed E-state index contributed by atoms with van der Waals surface area (Å²) in [5.41, 5.74) is 2.97. The summed E-state index contributed by atoms with van der Waals surface area (Å²) in [6.07, 6.45) is 2.44. The molecule has 2 aromatic carbocycles. The largest absolute Gasteiger partial charge is 0.372 e. The molecule has 1 aliphatic rings. The number of anilines is 2. The van der Waals surface area contributed by atoms with Crippen LogP contribution in [-0.2, 0) is 4.79 Å². The number of hydrogen-bond donors (Lipinski definition) is 1. The summed E-state index contributed by atoms with van der Waals surface area (Å²) in [5, 5.41) is 2.88. The fourth-order valence-electron chi connectivity index (χ4n) is 2.86. The van der Waals surface area contributed by atoms with Crippen LogP contribution in [0.1, 0.15) is 18.4 Å². The predicted octanol–water partition coefficient (Wildman–Crippen LogP) is 4.60. The maximum atomic E-state index is 13.2. The standard InChI is InChI=1S/C19H20F2N2OS/c1-13-10-14(23-8-2-3-9-23)4-7-18(13)22-19(24)12-25-15-5-6-16(20)17(21)11-15/h4-7,10-11H,2-3,8-9,12H2,1H3,(H,22,24). The molecular weight excluding hydrogens is 342 g/mol. The van der Waals surface area contributed by atoms with Crippen LogP contribution < -0.4 is 10.2 Å². The highest BCUT2D eigenvalue weighted by Crippen LogP contribution is 2.26. The Hall–Kier alpha value is -2.08. The molecule has 3 nitrogen and oxygen atoms in total. The second-order valence-corrected chi connectivity index (χ2v) is 7.15. The highest BCUT2D eigenvalue weighted by atomic mass is 32.2. The van der Waals surface area contributed by atoms with E-state index < -0.39 is 11.6 Å². The molecule has 1 aliphatic heterocycles. The summed E-state index contributed by atoms with van der Waals surface area (Å²) >= 11 is 1.17. The van der Waals surface area contributed by atoms with Crippen molar-refractivity contribution in [2.45, 2.75) is 24.7 Å². The smallest absolute Gasteiger partial charge is 0.234 e. The average Bonchev–Trinajstić information content (AvgIpc) is 3.12. The van der Waals surface area contributed by atoms with Gasteiger partial charge >= 0.3 is 0 Å². The molecule has 6 heteroatoms. The number of thioether (sulfide) groups is 1. The molecule has 0 saturated carbocycles. The van der Waals surface area contributed by atoms with Crippen LogP contribution in [-0.4, -0.2) is 24.7 Å². The zero-order chi connectivity index (χ0) is 17.8. The molecule has 0 aromatic heterocycles. The van der Waals surface area contributed by atoms with Crippen LogP contribution in [0.5, 0.6) is 0 Å². The Morgan fingerprint density at radius 3 is 2.56 bits per heavy atom. The lowest BCUT2D eigenvalue weighted by atomic mass is 10.1. The third kappa shape index (κ3) is 4.51. The number of rotatable bonds is 5. The predicted molar refractivity (Wildman–Crippen MR) is 98.3 cm³/mol. The molecule has 1 fully saturated rings. The molecule has 0 unspecified atom stereocenters. The van der Waals surface area contributed by atoms with E-state index in [1.54, 1.807) is 0 Å². The average molecular weight is 362 g/mol. The van der Waals surface area contributed by atoms with Crippen LogP contribution in [0.15, 0.2) is 41.3 Å². The molecule has 2 aromatic rings. The Balaban J connectivity index is 1.57. The molecule has 132 valence electrons. The van der Waals surface area contributed by atoms with E-state index in [0.717, 1.165) is 36.5 Å². The molecule has 3 rings (SSSR count). The molecule has 0 radical (unpaired) electrons. The van der Waals surface area contributed by atoms with Gasteiger partial charge in [-0.25, -0.2) is 8.78 Å². The minimum Gasteiger partial charge on any atom is -0.372 e. The van der Waals surface area contributed by atoms with Crippen molar-refractivity contribution in [3.63, 3.8) is 0 Å².